The van der Waals surface area contributed by atoms with Crippen LogP contribution < -0.4 is 0 Å². The molecule has 1 rings (SSSR count). The van der Waals surface area contributed by atoms with Crippen LogP contribution in [0.2, 0.25) is 0 Å². The zero-order chi connectivity index (χ0) is 14.4. The summed E-state index contributed by atoms with van der Waals surface area (Å²) in [5.41, 5.74) is 3.60. The number of benzene rings is 1. The highest BCUT2D eigenvalue weighted by atomic mass is 16.5. The SMILES string of the molecule is CCOC(=O)C(CCc1ccc(C)cc1C)C(C)=O. The molecule has 0 aliphatic heterocycles. The van der Waals surface area contributed by atoms with Gasteiger partial charge in [-0.2, -0.15) is 0 Å². The second kappa shape index (κ2) is 7.07. The number of esters is 1. The molecule has 1 unspecified atom stereocenters. The van der Waals surface area contributed by atoms with Crippen molar-refractivity contribution < 1.29 is 14.3 Å². The molecule has 104 valence electrons. The Morgan fingerprint density at radius 2 is 1.95 bits per heavy atom. The molecule has 19 heavy (non-hydrogen) atoms. The molecular formula is C16H22O3. The fraction of sp³-hybridized carbons (Fsp3) is 0.500. The molecule has 3 heteroatoms. The molecule has 0 heterocycles. The van der Waals surface area contributed by atoms with E-state index in [2.05, 4.69) is 25.1 Å². The highest BCUT2D eigenvalue weighted by Crippen LogP contribution is 2.17. The van der Waals surface area contributed by atoms with Crippen molar-refractivity contribution in [3.05, 3.63) is 34.9 Å². The summed E-state index contributed by atoms with van der Waals surface area (Å²) in [7, 11) is 0. The number of rotatable bonds is 6. The Morgan fingerprint density at radius 1 is 1.26 bits per heavy atom. The van der Waals surface area contributed by atoms with Gasteiger partial charge < -0.3 is 4.74 Å². The average Bonchev–Trinajstić information content (AvgIpc) is 2.31. The molecule has 0 saturated carbocycles. The van der Waals surface area contributed by atoms with E-state index < -0.39 is 11.9 Å². The first-order chi connectivity index (χ1) is 8.95. The minimum Gasteiger partial charge on any atom is -0.465 e. The van der Waals surface area contributed by atoms with Gasteiger partial charge in [0.15, 0.2) is 0 Å². The topological polar surface area (TPSA) is 43.4 Å². The van der Waals surface area contributed by atoms with Crippen LogP contribution in [0.5, 0.6) is 0 Å². The lowest BCUT2D eigenvalue weighted by Crippen LogP contribution is -2.25. The molecule has 1 aromatic carbocycles. The Kier molecular flexibility index (Phi) is 5.74. The number of aryl methyl sites for hydroxylation is 3. The summed E-state index contributed by atoms with van der Waals surface area (Å²) in [6.45, 7) is 7.61. The van der Waals surface area contributed by atoms with Gasteiger partial charge >= 0.3 is 5.97 Å². The second-order valence-corrected chi connectivity index (χ2v) is 4.88. The van der Waals surface area contributed by atoms with Crippen molar-refractivity contribution >= 4 is 11.8 Å². The Balaban J connectivity index is 2.71. The van der Waals surface area contributed by atoms with Gasteiger partial charge in [0.05, 0.1) is 6.61 Å². The monoisotopic (exact) mass is 262 g/mol. The van der Waals surface area contributed by atoms with Crippen LogP contribution in [0.15, 0.2) is 18.2 Å². The third-order valence-electron chi connectivity index (χ3n) is 3.26. The van der Waals surface area contributed by atoms with Gasteiger partial charge in [0.2, 0.25) is 0 Å². The number of ether oxygens (including phenoxy) is 1. The summed E-state index contributed by atoms with van der Waals surface area (Å²) in [6, 6.07) is 6.23. The van der Waals surface area contributed by atoms with Gasteiger partial charge in [0, 0.05) is 0 Å². The first-order valence-electron chi connectivity index (χ1n) is 6.69. The standard InChI is InChI=1S/C16H22O3/c1-5-19-16(18)15(13(4)17)9-8-14-7-6-11(2)10-12(14)3/h6-7,10,15H,5,8-9H2,1-4H3. The number of carbonyl (C=O) groups is 2. The maximum atomic E-state index is 11.7. The van der Waals surface area contributed by atoms with Crippen LogP contribution >= 0.6 is 0 Å². The third-order valence-corrected chi connectivity index (χ3v) is 3.26. The lowest BCUT2D eigenvalue weighted by atomic mass is 9.94. The first kappa shape index (κ1) is 15.4. The Hall–Kier alpha value is -1.64. The zero-order valence-corrected chi connectivity index (χ0v) is 12.2. The number of hydrogen-bond donors (Lipinski definition) is 0. The van der Waals surface area contributed by atoms with E-state index >= 15 is 0 Å². The van der Waals surface area contributed by atoms with Gasteiger partial charge in [-0.15, -0.1) is 0 Å². The average molecular weight is 262 g/mol. The van der Waals surface area contributed by atoms with Gasteiger partial charge in [-0.25, -0.2) is 0 Å². The lowest BCUT2D eigenvalue weighted by molar-refractivity contribution is -0.151. The Morgan fingerprint density at radius 3 is 2.47 bits per heavy atom. The van der Waals surface area contributed by atoms with Crippen LogP contribution in [-0.2, 0) is 20.7 Å². The third kappa shape index (κ3) is 4.51. The smallest absolute Gasteiger partial charge is 0.316 e. The van der Waals surface area contributed by atoms with E-state index in [0.717, 1.165) is 6.42 Å². The maximum absolute atomic E-state index is 11.7. The van der Waals surface area contributed by atoms with Crippen molar-refractivity contribution in [3.63, 3.8) is 0 Å². The predicted molar refractivity (Wildman–Crippen MR) is 75.0 cm³/mol. The van der Waals surface area contributed by atoms with E-state index in [1.54, 1.807) is 6.92 Å². The zero-order valence-electron chi connectivity index (χ0n) is 12.2. The minimum absolute atomic E-state index is 0.122. The van der Waals surface area contributed by atoms with Crippen molar-refractivity contribution in [1.82, 2.24) is 0 Å². The van der Waals surface area contributed by atoms with Crippen LogP contribution in [-0.4, -0.2) is 18.4 Å². The normalized spacial score (nSPS) is 12.0. The molecule has 1 aromatic rings. The molecule has 3 nitrogen and oxygen atoms in total. The van der Waals surface area contributed by atoms with Crippen molar-refractivity contribution in [2.24, 2.45) is 5.92 Å². The second-order valence-electron chi connectivity index (χ2n) is 4.88. The fourth-order valence-corrected chi connectivity index (χ4v) is 2.16. The van der Waals surface area contributed by atoms with Crippen LogP contribution in [0, 0.1) is 19.8 Å². The molecule has 0 saturated heterocycles. The maximum Gasteiger partial charge on any atom is 0.316 e. The number of Topliss-reactive ketones (excluding diaryl/α,β-unsaturated/α-hetero) is 1. The summed E-state index contributed by atoms with van der Waals surface area (Å²) in [5.74, 6) is -1.16. The molecule has 0 aliphatic rings. The van der Waals surface area contributed by atoms with E-state index in [1.807, 2.05) is 6.92 Å². The van der Waals surface area contributed by atoms with E-state index in [-0.39, 0.29) is 5.78 Å². The highest BCUT2D eigenvalue weighted by molar-refractivity contribution is 5.97. The van der Waals surface area contributed by atoms with Gasteiger partial charge in [0.25, 0.3) is 0 Å². The molecule has 0 radical (unpaired) electrons. The molecule has 0 bridgehead atoms. The van der Waals surface area contributed by atoms with Gasteiger partial charge in [-0.1, -0.05) is 23.8 Å². The molecular weight excluding hydrogens is 240 g/mol. The molecule has 0 amide bonds. The lowest BCUT2D eigenvalue weighted by Gasteiger charge is -2.13. The number of carbonyl (C=O) groups excluding carboxylic acids is 2. The van der Waals surface area contributed by atoms with Crippen molar-refractivity contribution in [3.8, 4) is 0 Å². The predicted octanol–water partition coefficient (Wildman–Crippen LogP) is 3.00. The van der Waals surface area contributed by atoms with Crippen LogP contribution in [0.25, 0.3) is 0 Å². The summed E-state index contributed by atoms with van der Waals surface area (Å²) < 4.78 is 4.94. The molecule has 0 aliphatic carbocycles. The van der Waals surface area contributed by atoms with Crippen LogP contribution in [0.3, 0.4) is 0 Å². The largest absolute Gasteiger partial charge is 0.465 e. The molecule has 0 fully saturated rings. The quantitative estimate of drug-likeness (QED) is 0.584. The Bertz CT molecular complexity index is 463. The Labute approximate surface area is 115 Å². The van der Waals surface area contributed by atoms with Crippen LogP contribution in [0.4, 0.5) is 0 Å². The number of ketones is 1. The molecule has 0 N–H and O–H groups in total. The molecule has 0 aromatic heterocycles. The highest BCUT2D eigenvalue weighted by Gasteiger charge is 2.24. The van der Waals surface area contributed by atoms with E-state index in [0.29, 0.717) is 13.0 Å². The fourth-order valence-electron chi connectivity index (χ4n) is 2.16. The van der Waals surface area contributed by atoms with Crippen LogP contribution in [0.1, 0.15) is 37.0 Å². The first-order valence-corrected chi connectivity index (χ1v) is 6.69. The minimum atomic E-state index is -0.638. The van der Waals surface area contributed by atoms with E-state index in [4.69, 9.17) is 4.74 Å². The summed E-state index contributed by atoms with van der Waals surface area (Å²) >= 11 is 0. The van der Waals surface area contributed by atoms with Crippen molar-refractivity contribution in [2.45, 2.75) is 40.5 Å². The van der Waals surface area contributed by atoms with E-state index in [9.17, 15) is 9.59 Å². The molecule has 1 atom stereocenters. The summed E-state index contributed by atoms with van der Waals surface area (Å²) in [5, 5.41) is 0. The molecule has 0 spiro atoms. The van der Waals surface area contributed by atoms with Gasteiger partial charge in [-0.05, 0) is 51.7 Å². The number of hydrogen-bond acceptors (Lipinski definition) is 3. The van der Waals surface area contributed by atoms with Gasteiger partial charge in [0.1, 0.15) is 11.7 Å². The van der Waals surface area contributed by atoms with Crippen molar-refractivity contribution in [1.29, 1.82) is 0 Å². The summed E-state index contributed by atoms with van der Waals surface area (Å²) in [6.07, 6.45) is 1.23. The van der Waals surface area contributed by atoms with Gasteiger partial charge in [-0.3, -0.25) is 9.59 Å². The summed E-state index contributed by atoms with van der Waals surface area (Å²) in [4.78, 5) is 23.2. The van der Waals surface area contributed by atoms with E-state index in [1.165, 1.54) is 23.6 Å². The van der Waals surface area contributed by atoms with Crippen molar-refractivity contribution in [2.75, 3.05) is 6.61 Å².